The minimum absolute atomic E-state index is 0.148. The Labute approximate surface area is 115 Å². The van der Waals surface area contributed by atoms with E-state index in [0.29, 0.717) is 24.2 Å². The van der Waals surface area contributed by atoms with Gasteiger partial charge < -0.3 is 0 Å². The quantitative estimate of drug-likeness (QED) is 0.719. The molecule has 0 heterocycles. The summed E-state index contributed by atoms with van der Waals surface area (Å²) in [4.78, 5) is 0. The Kier molecular flexibility index (Phi) is 5.74. The van der Waals surface area contributed by atoms with E-state index in [9.17, 15) is 8.42 Å². The molecule has 0 saturated heterocycles. The molecule has 0 aliphatic heterocycles. The summed E-state index contributed by atoms with van der Waals surface area (Å²) >= 11 is 0. The fraction of sp³-hybridized carbons (Fsp3) is 0.357. The summed E-state index contributed by atoms with van der Waals surface area (Å²) in [7, 11) is -3.42. The number of nitrogens with zero attached hydrogens (tertiary/aromatic N) is 2. The third kappa shape index (κ3) is 4.19. The van der Waals surface area contributed by atoms with Gasteiger partial charge in [0.1, 0.15) is 0 Å². The van der Waals surface area contributed by atoms with E-state index in [4.69, 9.17) is 5.26 Å². The topological polar surface area (TPSA) is 61.2 Å². The summed E-state index contributed by atoms with van der Waals surface area (Å²) in [6.45, 7) is 6.26. The van der Waals surface area contributed by atoms with Crippen molar-refractivity contribution in [2.75, 3.05) is 13.1 Å². The van der Waals surface area contributed by atoms with Crippen LogP contribution in [0.3, 0.4) is 0 Å². The van der Waals surface area contributed by atoms with E-state index < -0.39 is 10.0 Å². The van der Waals surface area contributed by atoms with Gasteiger partial charge in [0.05, 0.1) is 17.4 Å². The SMILES string of the molecule is C=CCN(CCC)S(=O)(=O)Cc1ccccc1C#N. The zero-order valence-electron chi connectivity index (χ0n) is 11.0. The highest BCUT2D eigenvalue weighted by Crippen LogP contribution is 2.15. The van der Waals surface area contributed by atoms with Gasteiger partial charge in [-0.2, -0.15) is 9.57 Å². The van der Waals surface area contributed by atoms with E-state index in [1.165, 1.54) is 4.31 Å². The first-order chi connectivity index (χ1) is 9.05. The summed E-state index contributed by atoms with van der Waals surface area (Å²) in [6.07, 6.45) is 2.32. The summed E-state index contributed by atoms with van der Waals surface area (Å²) in [5, 5.41) is 8.99. The van der Waals surface area contributed by atoms with Crippen LogP contribution in [0.25, 0.3) is 0 Å². The molecule has 102 valence electrons. The van der Waals surface area contributed by atoms with Gasteiger partial charge >= 0.3 is 0 Å². The predicted octanol–water partition coefficient (Wildman–Crippen LogP) is 2.29. The molecule has 0 unspecified atom stereocenters. The number of rotatable bonds is 7. The van der Waals surface area contributed by atoms with E-state index in [0.717, 1.165) is 6.42 Å². The Balaban J connectivity index is 3.01. The van der Waals surface area contributed by atoms with Crippen molar-refractivity contribution in [2.24, 2.45) is 0 Å². The molecular weight excluding hydrogens is 260 g/mol. The molecule has 0 fully saturated rings. The van der Waals surface area contributed by atoms with Gasteiger partial charge in [0, 0.05) is 13.1 Å². The largest absolute Gasteiger partial charge is 0.218 e. The maximum absolute atomic E-state index is 12.3. The average Bonchev–Trinajstić information content (AvgIpc) is 2.38. The first-order valence-corrected chi connectivity index (χ1v) is 7.72. The van der Waals surface area contributed by atoms with Crippen molar-refractivity contribution in [3.63, 3.8) is 0 Å². The van der Waals surface area contributed by atoms with Gasteiger partial charge in [-0.25, -0.2) is 8.42 Å². The maximum atomic E-state index is 12.3. The molecule has 0 aromatic heterocycles. The lowest BCUT2D eigenvalue weighted by Gasteiger charge is -2.20. The predicted molar refractivity (Wildman–Crippen MR) is 75.8 cm³/mol. The number of hydrogen-bond acceptors (Lipinski definition) is 3. The second-order valence-electron chi connectivity index (χ2n) is 4.17. The smallest absolute Gasteiger partial charge is 0.212 e. The van der Waals surface area contributed by atoms with Crippen LogP contribution in [-0.2, 0) is 15.8 Å². The number of hydrogen-bond donors (Lipinski definition) is 0. The van der Waals surface area contributed by atoms with Crippen molar-refractivity contribution in [3.8, 4) is 6.07 Å². The third-order valence-corrected chi connectivity index (χ3v) is 4.47. The van der Waals surface area contributed by atoms with E-state index in [1.807, 2.05) is 13.0 Å². The molecule has 0 saturated carbocycles. The Bertz CT molecular complexity index is 573. The van der Waals surface area contributed by atoms with E-state index in [2.05, 4.69) is 6.58 Å². The summed E-state index contributed by atoms with van der Waals surface area (Å²) in [5.41, 5.74) is 0.941. The van der Waals surface area contributed by atoms with Gasteiger partial charge in [-0.05, 0) is 18.1 Å². The first-order valence-electron chi connectivity index (χ1n) is 6.12. The Morgan fingerprint density at radius 1 is 1.42 bits per heavy atom. The minimum atomic E-state index is -3.42. The second kappa shape index (κ2) is 7.07. The molecule has 0 spiro atoms. The molecule has 4 nitrogen and oxygen atoms in total. The molecule has 5 heteroatoms. The van der Waals surface area contributed by atoms with Crippen LogP contribution in [0.5, 0.6) is 0 Å². The van der Waals surface area contributed by atoms with Gasteiger partial charge in [-0.1, -0.05) is 31.2 Å². The molecule has 19 heavy (non-hydrogen) atoms. The molecule has 0 amide bonds. The minimum Gasteiger partial charge on any atom is -0.212 e. The van der Waals surface area contributed by atoms with E-state index >= 15 is 0 Å². The molecule has 1 aromatic carbocycles. The molecule has 0 atom stereocenters. The van der Waals surface area contributed by atoms with Crippen molar-refractivity contribution in [3.05, 3.63) is 48.0 Å². The third-order valence-electron chi connectivity index (χ3n) is 2.67. The molecule has 1 rings (SSSR count). The Morgan fingerprint density at radius 3 is 2.68 bits per heavy atom. The van der Waals surface area contributed by atoms with Crippen LogP contribution in [0.2, 0.25) is 0 Å². The zero-order chi connectivity index (χ0) is 14.3. The Hall–Kier alpha value is -1.64. The lowest BCUT2D eigenvalue weighted by Crippen LogP contribution is -2.33. The molecule has 1 aromatic rings. The molecular formula is C14H18N2O2S. The number of nitriles is 1. The highest BCUT2D eigenvalue weighted by molar-refractivity contribution is 7.88. The normalized spacial score (nSPS) is 11.2. The highest BCUT2D eigenvalue weighted by Gasteiger charge is 2.21. The lowest BCUT2D eigenvalue weighted by molar-refractivity contribution is 0.440. The van der Waals surface area contributed by atoms with Crippen LogP contribution >= 0.6 is 0 Å². The van der Waals surface area contributed by atoms with Crippen molar-refractivity contribution < 1.29 is 8.42 Å². The van der Waals surface area contributed by atoms with Gasteiger partial charge in [0.25, 0.3) is 0 Å². The lowest BCUT2D eigenvalue weighted by atomic mass is 10.1. The monoisotopic (exact) mass is 278 g/mol. The van der Waals surface area contributed by atoms with Crippen LogP contribution in [0.4, 0.5) is 0 Å². The molecule has 0 aliphatic carbocycles. The second-order valence-corrected chi connectivity index (χ2v) is 6.14. The maximum Gasteiger partial charge on any atom is 0.218 e. The Morgan fingerprint density at radius 2 is 2.11 bits per heavy atom. The van der Waals surface area contributed by atoms with Crippen LogP contribution in [0.15, 0.2) is 36.9 Å². The van der Waals surface area contributed by atoms with Crippen molar-refractivity contribution in [2.45, 2.75) is 19.1 Å². The van der Waals surface area contributed by atoms with Gasteiger partial charge in [0.2, 0.25) is 10.0 Å². The van der Waals surface area contributed by atoms with Crippen molar-refractivity contribution in [1.29, 1.82) is 5.26 Å². The standard InChI is InChI=1S/C14H18N2O2S/c1-3-9-16(10-4-2)19(17,18)12-14-8-6-5-7-13(14)11-15/h3,5-8H,1,4,9-10,12H2,2H3. The van der Waals surface area contributed by atoms with Crippen molar-refractivity contribution >= 4 is 10.0 Å². The molecule has 0 radical (unpaired) electrons. The van der Waals surface area contributed by atoms with Gasteiger partial charge in [-0.3, -0.25) is 0 Å². The van der Waals surface area contributed by atoms with Crippen LogP contribution in [0.1, 0.15) is 24.5 Å². The fourth-order valence-corrected chi connectivity index (χ4v) is 3.40. The molecule has 0 aliphatic rings. The summed E-state index contributed by atoms with van der Waals surface area (Å²) in [5.74, 6) is -0.148. The van der Waals surface area contributed by atoms with Crippen molar-refractivity contribution in [1.82, 2.24) is 4.31 Å². The van der Waals surface area contributed by atoms with Crippen LogP contribution in [0, 0.1) is 11.3 Å². The summed E-state index contributed by atoms with van der Waals surface area (Å²) < 4.78 is 26.0. The number of sulfonamides is 1. The molecule has 0 N–H and O–H groups in total. The van der Waals surface area contributed by atoms with E-state index in [1.54, 1.807) is 30.3 Å². The highest BCUT2D eigenvalue weighted by atomic mass is 32.2. The summed E-state index contributed by atoms with van der Waals surface area (Å²) in [6, 6.07) is 8.78. The number of benzene rings is 1. The van der Waals surface area contributed by atoms with Gasteiger partial charge in [0.15, 0.2) is 0 Å². The van der Waals surface area contributed by atoms with Crippen LogP contribution < -0.4 is 0 Å². The van der Waals surface area contributed by atoms with Crippen LogP contribution in [-0.4, -0.2) is 25.8 Å². The zero-order valence-corrected chi connectivity index (χ0v) is 11.9. The average molecular weight is 278 g/mol. The van der Waals surface area contributed by atoms with E-state index in [-0.39, 0.29) is 5.75 Å². The first kappa shape index (κ1) is 15.4. The fourth-order valence-electron chi connectivity index (χ4n) is 1.78. The molecule has 0 bridgehead atoms. The van der Waals surface area contributed by atoms with Gasteiger partial charge in [-0.15, -0.1) is 6.58 Å².